The molecule has 29 heavy (non-hydrogen) atoms. The lowest BCUT2D eigenvalue weighted by Gasteiger charge is -2.31. The first-order valence-corrected chi connectivity index (χ1v) is 10.2. The number of aliphatic hydroxyl groups is 1. The number of aldehydes is 1. The zero-order chi connectivity index (χ0) is 21.0. The van der Waals surface area contributed by atoms with Crippen LogP contribution in [-0.4, -0.2) is 64.6 Å². The van der Waals surface area contributed by atoms with Crippen LogP contribution in [-0.2, 0) is 16.6 Å². The van der Waals surface area contributed by atoms with Gasteiger partial charge in [-0.2, -0.15) is 0 Å². The third-order valence-corrected chi connectivity index (χ3v) is 6.01. The van der Waals surface area contributed by atoms with E-state index < -0.39 is 6.04 Å². The van der Waals surface area contributed by atoms with Gasteiger partial charge in [0.05, 0.1) is 17.6 Å². The maximum absolute atomic E-state index is 12.9. The second-order valence-corrected chi connectivity index (χ2v) is 7.67. The maximum Gasteiger partial charge on any atom is 0.329 e. The van der Waals surface area contributed by atoms with E-state index in [4.69, 9.17) is 5.11 Å². The summed E-state index contributed by atoms with van der Waals surface area (Å²) in [5.41, 5.74) is 2.44. The summed E-state index contributed by atoms with van der Waals surface area (Å²) < 4.78 is 3.09. The number of hydrogen-bond donors (Lipinski definition) is 2. The first-order chi connectivity index (χ1) is 14.0. The van der Waals surface area contributed by atoms with Crippen LogP contribution in [0.5, 0.6) is 0 Å². The van der Waals surface area contributed by atoms with Gasteiger partial charge in [-0.05, 0) is 56.0 Å². The second kappa shape index (κ2) is 9.37. The molecule has 8 nitrogen and oxygen atoms in total. The molecular formula is C21H30N4O4. The number of likely N-dealkylation sites (tertiary alicyclic amines) is 1. The van der Waals surface area contributed by atoms with Gasteiger partial charge in [0.1, 0.15) is 12.3 Å². The van der Waals surface area contributed by atoms with Crippen LogP contribution in [0.25, 0.3) is 11.0 Å². The van der Waals surface area contributed by atoms with Gasteiger partial charge in [0.15, 0.2) is 0 Å². The number of β-amino-alcohol motifs (C(OH)–C–C–N with tert-alkyl or cyclic N) is 1. The van der Waals surface area contributed by atoms with Crippen LogP contribution < -0.4 is 11.0 Å². The molecule has 2 heterocycles. The fourth-order valence-corrected chi connectivity index (χ4v) is 4.34. The van der Waals surface area contributed by atoms with E-state index in [1.54, 1.807) is 11.6 Å². The number of nitrogens with zero attached hydrogens (tertiary/aromatic N) is 3. The molecular weight excluding hydrogens is 372 g/mol. The monoisotopic (exact) mass is 402 g/mol. The number of carbonyl (C=O) groups is 2. The fourth-order valence-electron chi connectivity index (χ4n) is 4.34. The van der Waals surface area contributed by atoms with Gasteiger partial charge in [-0.1, -0.05) is 6.07 Å². The number of aryl methyl sites for hydroxylation is 1. The minimum atomic E-state index is -0.714. The van der Waals surface area contributed by atoms with Crippen molar-refractivity contribution in [3.63, 3.8) is 0 Å². The first kappa shape index (κ1) is 21.3. The number of rotatable bonds is 8. The average Bonchev–Trinajstić information content (AvgIpc) is 2.99. The van der Waals surface area contributed by atoms with Gasteiger partial charge < -0.3 is 20.1 Å². The lowest BCUT2D eigenvalue weighted by atomic mass is 9.89. The van der Waals surface area contributed by atoms with Crippen molar-refractivity contribution in [3.05, 3.63) is 34.2 Å². The number of piperidine rings is 1. The molecule has 1 amide bonds. The van der Waals surface area contributed by atoms with Crippen molar-refractivity contribution in [2.45, 2.75) is 37.6 Å². The molecule has 1 unspecified atom stereocenters. The molecule has 0 saturated carbocycles. The summed E-state index contributed by atoms with van der Waals surface area (Å²) in [4.78, 5) is 38.5. The number of imidazole rings is 1. The number of hydrogen-bond acceptors (Lipinski definition) is 5. The molecule has 158 valence electrons. The zero-order valence-corrected chi connectivity index (χ0v) is 17.1. The molecule has 1 atom stereocenters. The molecule has 1 aromatic heterocycles. The van der Waals surface area contributed by atoms with E-state index in [2.05, 4.69) is 16.3 Å². The summed E-state index contributed by atoms with van der Waals surface area (Å²) in [7, 11) is 3.25. The predicted octanol–water partition coefficient (Wildman–Crippen LogP) is 0.778. The minimum absolute atomic E-state index is 0.183. The van der Waals surface area contributed by atoms with Crippen LogP contribution >= 0.6 is 0 Å². The highest BCUT2D eigenvalue weighted by molar-refractivity contribution is 5.84. The SMILES string of the molecule is CNC(=O)C(CCC=O)n1c(=O)n(C)c2cc(C3CCN(CCO)CC3)ccc21. The number of likely N-dealkylation sites (N-methyl/N-ethyl adjacent to an activating group) is 1. The number of amides is 1. The molecule has 0 aliphatic carbocycles. The minimum Gasteiger partial charge on any atom is -0.395 e. The van der Waals surface area contributed by atoms with E-state index in [-0.39, 0.29) is 31.0 Å². The van der Waals surface area contributed by atoms with Gasteiger partial charge >= 0.3 is 5.69 Å². The zero-order valence-electron chi connectivity index (χ0n) is 17.1. The molecule has 2 aromatic rings. The van der Waals surface area contributed by atoms with Gasteiger partial charge in [0, 0.05) is 27.1 Å². The van der Waals surface area contributed by atoms with Crippen LogP contribution in [0, 0.1) is 0 Å². The Hall–Kier alpha value is -2.45. The number of nitrogens with one attached hydrogen (secondary N) is 1. The van der Waals surface area contributed by atoms with E-state index in [0.29, 0.717) is 18.0 Å². The molecule has 1 aromatic carbocycles. The lowest BCUT2D eigenvalue weighted by Crippen LogP contribution is -2.36. The summed E-state index contributed by atoms with van der Waals surface area (Å²) >= 11 is 0. The second-order valence-electron chi connectivity index (χ2n) is 7.67. The van der Waals surface area contributed by atoms with Gasteiger partial charge in [-0.15, -0.1) is 0 Å². The Bertz CT molecular complexity index is 925. The van der Waals surface area contributed by atoms with Crippen molar-refractivity contribution in [1.82, 2.24) is 19.4 Å². The maximum atomic E-state index is 12.9. The number of benzene rings is 1. The first-order valence-electron chi connectivity index (χ1n) is 10.2. The van der Waals surface area contributed by atoms with Crippen molar-refractivity contribution in [2.24, 2.45) is 7.05 Å². The van der Waals surface area contributed by atoms with E-state index >= 15 is 0 Å². The summed E-state index contributed by atoms with van der Waals surface area (Å²) in [5.74, 6) is 0.138. The van der Waals surface area contributed by atoms with Crippen LogP contribution in [0.4, 0.5) is 0 Å². The van der Waals surface area contributed by atoms with E-state index in [1.165, 1.54) is 17.2 Å². The predicted molar refractivity (Wildman–Crippen MR) is 111 cm³/mol. The summed E-state index contributed by atoms with van der Waals surface area (Å²) in [6.45, 7) is 2.80. The Balaban J connectivity index is 1.95. The van der Waals surface area contributed by atoms with Crippen molar-refractivity contribution >= 4 is 23.2 Å². The Morgan fingerprint density at radius 2 is 2.03 bits per heavy atom. The van der Waals surface area contributed by atoms with Gasteiger partial charge in [-0.25, -0.2) is 4.79 Å². The smallest absolute Gasteiger partial charge is 0.329 e. The lowest BCUT2D eigenvalue weighted by molar-refractivity contribution is -0.124. The quantitative estimate of drug-likeness (QED) is 0.636. The summed E-state index contributed by atoms with van der Waals surface area (Å²) in [5, 5.41) is 11.7. The Morgan fingerprint density at radius 1 is 1.31 bits per heavy atom. The summed E-state index contributed by atoms with van der Waals surface area (Å²) in [6.07, 6.45) is 3.30. The number of fused-ring (bicyclic) bond motifs is 1. The van der Waals surface area contributed by atoms with E-state index in [0.717, 1.165) is 37.7 Å². The van der Waals surface area contributed by atoms with Gasteiger partial charge in [0.25, 0.3) is 0 Å². The highest BCUT2D eigenvalue weighted by Gasteiger charge is 2.26. The molecule has 1 aliphatic rings. The fraction of sp³-hybridized carbons (Fsp3) is 0.571. The van der Waals surface area contributed by atoms with Crippen LogP contribution in [0.2, 0.25) is 0 Å². The number of aliphatic hydroxyl groups excluding tert-OH is 1. The van der Waals surface area contributed by atoms with E-state index in [9.17, 15) is 14.4 Å². The van der Waals surface area contributed by atoms with Crippen molar-refractivity contribution in [1.29, 1.82) is 0 Å². The molecule has 0 spiro atoms. The molecule has 1 aliphatic heterocycles. The number of carbonyl (C=O) groups excluding carboxylic acids is 2. The van der Waals surface area contributed by atoms with Gasteiger partial charge in [-0.3, -0.25) is 13.9 Å². The van der Waals surface area contributed by atoms with Crippen molar-refractivity contribution < 1.29 is 14.7 Å². The molecule has 1 fully saturated rings. The Morgan fingerprint density at radius 3 is 2.66 bits per heavy atom. The highest BCUT2D eigenvalue weighted by Crippen LogP contribution is 2.30. The van der Waals surface area contributed by atoms with Crippen molar-refractivity contribution in [2.75, 3.05) is 33.3 Å². The molecule has 0 bridgehead atoms. The molecule has 1 saturated heterocycles. The Kier molecular flexibility index (Phi) is 6.87. The summed E-state index contributed by atoms with van der Waals surface area (Å²) in [6, 6.07) is 5.31. The normalized spacial score (nSPS) is 16.8. The largest absolute Gasteiger partial charge is 0.395 e. The molecule has 0 radical (unpaired) electrons. The molecule has 2 N–H and O–H groups in total. The average molecular weight is 402 g/mol. The van der Waals surface area contributed by atoms with E-state index in [1.807, 2.05) is 12.1 Å². The molecule has 8 heteroatoms. The highest BCUT2D eigenvalue weighted by atomic mass is 16.3. The van der Waals surface area contributed by atoms with Crippen LogP contribution in [0.1, 0.15) is 43.2 Å². The standard InChI is InChI=1S/C21H30N4O4/c1-22-20(28)18(4-3-12-26)25-17-6-5-16(14-19(17)23(2)21(25)29)15-7-9-24(10-8-15)11-13-27/h5-6,12,14-15,18,27H,3-4,7-11,13H2,1-2H3,(H,22,28). The Labute approximate surface area is 170 Å². The third-order valence-electron chi connectivity index (χ3n) is 6.01. The topological polar surface area (TPSA) is 96.6 Å². The van der Waals surface area contributed by atoms with Gasteiger partial charge in [0.2, 0.25) is 5.91 Å². The van der Waals surface area contributed by atoms with Crippen LogP contribution in [0.3, 0.4) is 0 Å². The molecule has 3 rings (SSSR count). The van der Waals surface area contributed by atoms with Crippen molar-refractivity contribution in [3.8, 4) is 0 Å². The third kappa shape index (κ3) is 4.28. The van der Waals surface area contributed by atoms with Crippen LogP contribution in [0.15, 0.2) is 23.0 Å². The number of aromatic nitrogens is 2.